The molecule has 11 heteroatoms. The fourth-order valence-corrected chi connectivity index (χ4v) is 7.10. The molecule has 6 rings (SSSR count). The van der Waals surface area contributed by atoms with Gasteiger partial charge in [0, 0.05) is 47.4 Å². The van der Waals surface area contributed by atoms with Crippen LogP contribution in [-0.2, 0) is 25.7 Å². The molecular weight excluding hydrogens is 691 g/mol. The molecule has 4 N–H and O–H groups in total. The van der Waals surface area contributed by atoms with E-state index in [1.54, 1.807) is 17.2 Å². The Morgan fingerprint density at radius 3 is 2.06 bits per heavy atom. The first-order valence-corrected chi connectivity index (χ1v) is 19.1. The number of rotatable bonds is 17. The van der Waals surface area contributed by atoms with Crippen molar-refractivity contribution in [3.8, 4) is 22.6 Å². The fraction of sp³-hybridized carbons (Fsp3) is 0.310. The minimum Gasteiger partial charge on any atom is -0.431 e. The molecule has 1 aromatic heterocycles. The predicted octanol–water partition coefficient (Wildman–Crippen LogP) is 9.01. The number of ether oxygens (including phenoxy) is 2. The summed E-state index contributed by atoms with van der Waals surface area (Å²) in [6.07, 6.45) is 4.13. The van der Waals surface area contributed by atoms with Crippen molar-refractivity contribution in [1.82, 2.24) is 10.5 Å². The van der Waals surface area contributed by atoms with Gasteiger partial charge in [-0.2, -0.15) is 0 Å². The van der Waals surface area contributed by atoms with Crippen LogP contribution in [0.2, 0.25) is 0 Å². The zero-order valence-electron chi connectivity index (χ0n) is 29.5. The number of aromatic nitrogens is 1. The third-order valence-corrected chi connectivity index (χ3v) is 9.98. The third kappa shape index (κ3) is 10.9. The highest BCUT2D eigenvalue weighted by molar-refractivity contribution is 7.99. The van der Waals surface area contributed by atoms with Crippen molar-refractivity contribution in [1.29, 1.82) is 0 Å². The molecule has 276 valence electrons. The topological polar surface area (TPSA) is 143 Å². The van der Waals surface area contributed by atoms with Gasteiger partial charge >= 0.3 is 0 Å². The summed E-state index contributed by atoms with van der Waals surface area (Å²) in [7, 11) is 0. The first kappa shape index (κ1) is 38.0. The van der Waals surface area contributed by atoms with Crippen molar-refractivity contribution in [3.63, 3.8) is 0 Å². The lowest BCUT2D eigenvalue weighted by atomic mass is 9.99. The Labute approximate surface area is 313 Å². The number of nitrogens with zero attached hydrogens (tertiary/aromatic N) is 1. The largest absolute Gasteiger partial charge is 0.431 e. The van der Waals surface area contributed by atoms with E-state index in [9.17, 15) is 14.7 Å². The third-order valence-electron chi connectivity index (χ3n) is 9.12. The maximum Gasteiger partial charge on any atom is 0.256 e. The number of carbonyl (C=O) groups is 2. The van der Waals surface area contributed by atoms with E-state index < -0.39 is 12.2 Å². The zero-order chi connectivity index (χ0) is 36.8. The van der Waals surface area contributed by atoms with E-state index >= 15 is 0 Å². The molecule has 4 aromatic carbocycles. The molecule has 0 spiro atoms. The molecule has 1 aliphatic rings. The van der Waals surface area contributed by atoms with Crippen molar-refractivity contribution in [2.24, 2.45) is 0 Å². The van der Waals surface area contributed by atoms with Crippen molar-refractivity contribution >= 4 is 29.3 Å². The molecule has 2 heterocycles. The molecule has 10 nitrogen and oxygen atoms in total. The molecule has 0 bridgehead atoms. The number of hydroxylamine groups is 1. The average Bonchev–Trinajstić information content (AvgIpc) is 3.64. The Morgan fingerprint density at radius 2 is 1.40 bits per heavy atom. The van der Waals surface area contributed by atoms with Crippen LogP contribution in [0.25, 0.3) is 22.6 Å². The molecule has 0 radical (unpaired) electrons. The van der Waals surface area contributed by atoms with Crippen molar-refractivity contribution in [3.05, 3.63) is 126 Å². The van der Waals surface area contributed by atoms with Gasteiger partial charge in [-0.15, -0.1) is 0 Å². The predicted molar refractivity (Wildman–Crippen MR) is 204 cm³/mol. The Bertz CT molecular complexity index is 1830. The van der Waals surface area contributed by atoms with E-state index in [0.717, 1.165) is 64.3 Å². The summed E-state index contributed by atoms with van der Waals surface area (Å²) in [5, 5.41) is 21.7. The number of thioether (sulfide) groups is 1. The van der Waals surface area contributed by atoms with Crippen LogP contribution in [0, 0.1) is 0 Å². The summed E-state index contributed by atoms with van der Waals surface area (Å²) in [6, 6.07) is 35.5. The number of hydrogen-bond acceptors (Lipinski definition) is 9. The monoisotopic (exact) mass is 735 g/mol. The van der Waals surface area contributed by atoms with E-state index in [4.69, 9.17) is 24.1 Å². The number of unbranched alkanes of at least 4 members (excludes halogenated alkanes) is 3. The SMILES string of the molecule is O=C(CCCCCCC(=O)Nc1ccc([C@H]2O[C@@H](CCSc3nc(-c4ccccc4)c(-c4ccccc4)o3)C[C@@H](c3ccc(CO)cc3)O2)cc1)NO. The molecule has 53 heavy (non-hydrogen) atoms. The summed E-state index contributed by atoms with van der Waals surface area (Å²) in [5.74, 6) is 1.00. The molecule has 0 unspecified atom stereocenters. The summed E-state index contributed by atoms with van der Waals surface area (Å²) >= 11 is 1.56. The second kappa shape index (κ2) is 19.3. The van der Waals surface area contributed by atoms with Crippen LogP contribution in [0.3, 0.4) is 0 Å². The van der Waals surface area contributed by atoms with Gasteiger partial charge in [-0.3, -0.25) is 14.8 Å². The number of nitrogens with one attached hydrogen (secondary N) is 2. The summed E-state index contributed by atoms with van der Waals surface area (Å²) in [6.45, 7) is -0.0232. The first-order valence-electron chi connectivity index (χ1n) is 18.1. The first-order chi connectivity index (χ1) is 26.0. The lowest BCUT2D eigenvalue weighted by Crippen LogP contribution is -2.30. The number of amides is 2. The molecule has 3 atom stereocenters. The highest BCUT2D eigenvalue weighted by Gasteiger charge is 2.32. The number of aliphatic hydroxyl groups excluding tert-OH is 1. The summed E-state index contributed by atoms with van der Waals surface area (Å²) in [4.78, 5) is 28.6. The number of aliphatic hydroxyl groups is 1. The zero-order valence-corrected chi connectivity index (χ0v) is 30.3. The van der Waals surface area contributed by atoms with E-state index in [0.29, 0.717) is 36.6 Å². The minimum absolute atomic E-state index is 0.0232. The van der Waals surface area contributed by atoms with E-state index in [1.807, 2.05) is 109 Å². The molecule has 1 saturated heterocycles. The van der Waals surface area contributed by atoms with Gasteiger partial charge in [-0.1, -0.05) is 122 Å². The number of carbonyl (C=O) groups excluding carboxylic acids is 2. The Kier molecular flexibility index (Phi) is 13.9. The second-order valence-corrected chi connectivity index (χ2v) is 14.0. The molecule has 0 aliphatic carbocycles. The van der Waals surface area contributed by atoms with Crippen LogP contribution in [0.15, 0.2) is 119 Å². The molecule has 1 aliphatic heterocycles. The van der Waals surface area contributed by atoms with Gasteiger partial charge in [0.1, 0.15) is 5.69 Å². The Balaban J connectivity index is 1.08. The van der Waals surface area contributed by atoms with Crippen LogP contribution in [0.1, 0.15) is 80.5 Å². The van der Waals surface area contributed by atoms with Crippen molar-refractivity contribution < 1.29 is 33.8 Å². The second-order valence-electron chi connectivity index (χ2n) is 13.0. The van der Waals surface area contributed by atoms with Gasteiger partial charge in [0.2, 0.25) is 11.8 Å². The number of oxazole rings is 1. The van der Waals surface area contributed by atoms with Crippen LogP contribution < -0.4 is 10.8 Å². The molecular formula is C42H45N3O7S. The number of anilines is 1. The standard InChI is InChI=1S/C42H45N3O7S/c46-28-29-17-19-30(20-18-29)36-27-35(25-26-53-42-44-39(31-11-5-3-6-12-31)40(52-42)32-13-7-4-8-14-32)50-41(51-36)33-21-23-34(24-22-33)43-37(47)15-9-1-2-10-16-38(48)45-49/h3-8,11-14,17-24,35-36,41,46,49H,1-2,9-10,15-16,25-28H2,(H,43,47)(H,45,48)/t35-,36-,41-/m0/s1. The van der Waals surface area contributed by atoms with Crippen LogP contribution in [-0.4, -0.2) is 39.0 Å². The number of hydrogen-bond donors (Lipinski definition) is 4. The maximum atomic E-state index is 12.6. The van der Waals surface area contributed by atoms with Gasteiger partial charge < -0.3 is 24.3 Å². The Morgan fingerprint density at radius 1 is 0.755 bits per heavy atom. The van der Waals surface area contributed by atoms with Crippen LogP contribution in [0.4, 0.5) is 5.69 Å². The highest BCUT2D eigenvalue weighted by atomic mass is 32.2. The van der Waals surface area contributed by atoms with E-state index in [2.05, 4.69) is 5.32 Å². The quantitative estimate of drug-likeness (QED) is 0.0318. The number of benzene rings is 4. The van der Waals surface area contributed by atoms with Gasteiger partial charge in [0.15, 0.2) is 12.1 Å². The smallest absolute Gasteiger partial charge is 0.256 e. The lowest BCUT2D eigenvalue weighted by molar-refractivity contribution is -0.250. The summed E-state index contributed by atoms with van der Waals surface area (Å²) in [5.41, 5.74) is 7.81. The van der Waals surface area contributed by atoms with Crippen LogP contribution >= 0.6 is 11.8 Å². The van der Waals surface area contributed by atoms with Gasteiger partial charge in [-0.05, 0) is 42.5 Å². The maximum absolute atomic E-state index is 12.6. The highest BCUT2D eigenvalue weighted by Crippen LogP contribution is 2.40. The van der Waals surface area contributed by atoms with Gasteiger partial charge in [-0.25, -0.2) is 10.5 Å². The lowest BCUT2D eigenvalue weighted by Gasteiger charge is -2.36. The van der Waals surface area contributed by atoms with E-state index in [-0.39, 0.29) is 31.1 Å². The molecule has 2 amide bonds. The molecule has 5 aromatic rings. The van der Waals surface area contributed by atoms with Crippen LogP contribution in [0.5, 0.6) is 0 Å². The summed E-state index contributed by atoms with van der Waals surface area (Å²) < 4.78 is 19.4. The normalized spacial score (nSPS) is 17.0. The fourth-order valence-electron chi connectivity index (χ4n) is 6.25. The van der Waals surface area contributed by atoms with Gasteiger partial charge in [0.05, 0.1) is 18.8 Å². The van der Waals surface area contributed by atoms with E-state index in [1.165, 1.54) is 0 Å². The van der Waals surface area contributed by atoms with Gasteiger partial charge in [0.25, 0.3) is 5.22 Å². The van der Waals surface area contributed by atoms with Crippen molar-refractivity contribution in [2.45, 2.75) is 81.7 Å². The Hall–Kier alpha value is -4.78. The molecule has 1 fully saturated rings. The molecule has 0 saturated carbocycles. The minimum atomic E-state index is -0.616. The van der Waals surface area contributed by atoms with Crippen molar-refractivity contribution in [2.75, 3.05) is 11.1 Å². The average molecular weight is 736 g/mol.